The molecule has 3 aliphatic heterocycles. The molecule has 12 heteroatoms. The molecule has 0 radical (unpaired) electrons. The zero-order valence-electron chi connectivity index (χ0n) is 35.9. The molecule has 0 aromatic heterocycles. The molecular weight excluding hydrogens is 869 g/mol. The topological polar surface area (TPSA) is 70.8 Å². The van der Waals surface area contributed by atoms with Crippen molar-refractivity contribution in [2.24, 2.45) is 4.99 Å². The number of sulfonamides is 1. The van der Waals surface area contributed by atoms with Gasteiger partial charge in [0.15, 0.2) is 36.3 Å². The second-order valence-corrected chi connectivity index (χ2v) is 19.8. The molecule has 0 unspecified atom stereocenters. The Bertz CT molecular complexity index is 2960. The van der Waals surface area contributed by atoms with Crippen LogP contribution in [0.5, 0.6) is 0 Å². The first-order valence-corrected chi connectivity index (χ1v) is 25.5. The van der Waals surface area contributed by atoms with Crippen molar-refractivity contribution in [3.63, 3.8) is 0 Å². The van der Waals surface area contributed by atoms with Crippen molar-refractivity contribution in [1.29, 1.82) is 0 Å². The van der Waals surface area contributed by atoms with E-state index in [0.717, 1.165) is 39.5 Å². The number of nitrogens with one attached hydrogen (secondary N) is 1. The second kappa shape index (κ2) is 21.0. The normalized spacial score (nSPS) is 13.8. The summed E-state index contributed by atoms with van der Waals surface area (Å²) < 4.78 is 32.2. The number of anilines is 2. The summed E-state index contributed by atoms with van der Waals surface area (Å²) in [5, 5.41) is 0. The number of fused-ring (bicyclic) bond motifs is 3. The molecule has 0 saturated carbocycles. The Morgan fingerprint density at radius 1 is 0.516 bits per heavy atom. The molecule has 0 fully saturated rings. The predicted molar refractivity (Wildman–Crippen MR) is 273 cm³/mol. The van der Waals surface area contributed by atoms with Crippen LogP contribution in [0.15, 0.2) is 196 Å². The molecule has 7 aromatic carbocycles. The van der Waals surface area contributed by atoms with Gasteiger partial charge in [0.05, 0.1) is 44.9 Å². The summed E-state index contributed by atoms with van der Waals surface area (Å²) in [6.45, 7) is 0. The van der Waals surface area contributed by atoms with Gasteiger partial charge in [-0.2, -0.15) is 13.7 Å². The van der Waals surface area contributed by atoms with E-state index in [1.165, 1.54) is 49.8 Å². The molecule has 3 heterocycles. The number of hydrogen-bond acceptors (Lipinski definition) is 7. The van der Waals surface area contributed by atoms with Crippen LogP contribution in [0.1, 0.15) is 22.3 Å². The first kappa shape index (κ1) is 44.4. The number of rotatable bonds is 8. The van der Waals surface area contributed by atoms with Gasteiger partial charge in [0.25, 0.3) is 0 Å². The number of nitrogens with zero attached hydrogens (tertiary/aromatic N) is 5. The number of thioether (sulfide) groups is 3. The molecule has 1 N–H and O–H groups in total. The Morgan fingerprint density at radius 2 is 0.938 bits per heavy atom. The van der Waals surface area contributed by atoms with Crippen molar-refractivity contribution in [3.8, 4) is 0 Å². The molecule has 8 nitrogen and oxygen atoms in total. The van der Waals surface area contributed by atoms with Crippen molar-refractivity contribution < 1.29 is 22.1 Å². The van der Waals surface area contributed by atoms with Crippen LogP contribution in [-0.2, 0) is 10.0 Å². The van der Waals surface area contributed by atoms with E-state index in [9.17, 15) is 8.42 Å². The van der Waals surface area contributed by atoms with Crippen molar-refractivity contribution in [1.82, 2.24) is 0 Å². The van der Waals surface area contributed by atoms with Crippen LogP contribution >= 0.6 is 35.3 Å². The van der Waals surface area contributed by atoms with E-state index in [1.807, 2.05) is 96.5 Å². The van der Waals surface area contributed by atoms with E-state index in [1.54, 1.807) is 17.8 Å². The Kier molecular flexibility index (Phi) is 14.6. The Labute approximate surface area is 389 Å². The fraction of sp³-hybridized carbons (Fsp3) is 0.115. The largest absolute Gasteiger partial charge is 0.377 e. The summed E-state index contributed by atoms with van der Waals surface area (Å²) in [5.41, 5.74) is 11.2. The minimum Gasteiger partial charge on any atom is -0.377 e. The molecule has 0 saturated heterocycles. The quantitative estimate of drug-likeness (QED) is 0.121. The standard InChI is InChI=1S/C21H17N2S.C16H17N2S.C15H15N2O2S2/c1-3-10-19(11-4-1)22-14-17-8-7-9-18-15-23(16-24-21(17)18)20-12-5-2-6-13-20;1-17(2)15-10-6-7-13-11-18(12-19-16(13)15)14-8-4-3-5-9-14;1-21(18,19)16-14-9-5-6-12-10-17(11-20-15(12)14)13-7-3-2-4-8-13/h1-15H,16H2;3-11H,12H2,1-2H3;2-10,16H,11H2,1H3/q3*+1. The van der Waals surface area contributed by atoms with Crippen LogP contribution < -0.4 is 9.62 Å². The molecule has 10 rings (SSSR count). The highest BCUT2D eigenvalue weighted by Crippen LogP contribution is 2.37. The maximum atomic E-state index is 11.4. The summed E-state index contributed by atoms with van der Waals surface area (Å²) in [6.07, 6.45) is 9.65. The summed E-state index contributed by atoms with van der Waals surface area (Å²) in [6, 6.07) is 59.7. The van der Waals surface area contributed by atoms with Gasteiger partial charge < -0.3 is 4.90 Å². The first-order chi connectivity index (χ1) is 31.2. The van der Waals surface area contributed by atoms with Gasteiger partial charge >= 0.3 is 0 Å². The average Bonchev–Trinajstić information content (AvgIpc) is 3.34. The van der Waals surface area contributed by atoms with Gasteiger partial charge in [-0.3, -0.25) is 9.71 Å². The van der Waals surface area contributed by atoms with E-state index < -0.39 is 10.0 Å². The molecular formula is C52H49N6O2S4+3. The first-order valence-electron chi connectivity index (χ1n) is 20.7. The van der Waals surface area contributed by atoms with E-state index >= 15 is 0 Å². The fourth-order valence-electron chi connectivity index (χ4n) is 7.18. The highest BCUT2D eigenvalue weighted by molar-refractivity contribution is 8.00. The molecule has 320 valence electrons. The summed E-state index contributed by atoms with van der Waals surface area (Å²) in [5.74, 6) is 2.62. The van der Waals surface area contributed by atoms with Crippen LogP contribution in [0.2, 0.25) is 0 Å². The molecule has 7 aromatic rings. The Balaban J connectivity index is 0.000000132. The average molecular weight is 918 g/mol. The van der Waals surface area contributed by atoms with Gasteiger partial charge in [-0.05, 0) is 42.5 Å². The molecule has 0 atom stereocenters. The number of para-hydroxylation sites is 4. The predicted octanol–water partition coefficient (Wildman–Crippen LogP) is 11.7. The van der Waals surface area contributed by atoms with Crippen molar-refractivity contribution in [2.45, 2.75) is 14.7 Å². The van der Waals surface area contributed by atoms with Crippen LogP contribution in [0.4, 0.5) is 34.1 Å². The smallest absolute Gasteiger partial charge is 0.229 e. The van der Waals surface area contributed by atoms with Crippen molar-refractivity contribution >= 4 is 104 Å². The van der Waals surface area contributed by atoms with Gasteiger partial charge in [0, 0.05) is 72.1 Å². The monoisotopic (exact) mass is 917 g/mol. The highest BCUT2D eigenvalue weighted by Gasteiger charge is 2.24. The fourth-order valence-corrected chi connectivity index (χ4v) is 11.1. The minimum atomic E-state index is -3.27. The number of benzene rings is 7. The lowest BCUT2D eigenvalue weighted by molar-refractivity contribution is -0.411. The van der Waals surface area contributed by atoms with Crippen LogP contribution in [0.25, 0.3) is 0 Å². The maximum Gasteiger partial charge on any atom is 0.229 e. The van der Waals surface area contributed by atoms with Gasteiger partial charge in [0.1, 0.15) is 0 Å². The summed E-state index contributed by atoms with van der Waals surface area (Å²) >= 11 is 5.38. The zero-order valence-corrected chi connectivity index (χ0v) is 39.1. The molecule has 0 spiro atoms. The lowest BCUT2D eigenvalue weighted by Crippen LogP contribution is -2.16. The lowest BCUT2D eigenvalue weighted by Gasteiger charge is -2.20. The second-order valence-electron chi connectivity index (χ2n) is 15.2. The molecule has 64 heavy (non-hydrogen) atoms. The van der Waals surface area contributed by atoms with Gasteiger partial charge in [-0.15, -0.1) is 0 Å². The van der Waals surface area contributed by atoms with Crippen LogP contribution in [0, 0.1) is 0 Å². The molecule has 3 aliphatic rings. The lowest BCUT2D eigenvalue weighted by atomic mass is 10.1. The van der Waals surface area contributed by atoms with Crippen molar-refractivity contribution in [3.05, 3.63) is 198 Å². The molecule has 0 aliphatic carbocycles. The van der Waals surface area contributed by atoms with E-state index in [0.29, 0.717) is 5.69 Å². The minimum absolute atomic E-state index is 0.643. The van der Waals surface area contributed by atoms with E-state index in [2.05, 4.69) is 164 Å². The Hall–Kier alpha value is -6.18. The third-order valence-corrected chi connectivity index (χ3v) is 14.3. The Morgan fingerprint density at radius 3 is 1.44 bits per heavy atom. The van der Waals surface area contributed by atoms with Crippen LogP contribution in [-0.4, -0.2) is 85.0 Å². The molecule has 0 bridgehead atoms. The van der Waals surface area contributed by atoms with Gasteiger partial charge in [-0.25, -0.2) is 8.42 Å². The third kappa shape index (κ3) is 11.5. The third-order valence-electron chi connectivity index (χ3n) is 10.2. The van der Waals surface area contributed by atoms with Gasteiger partial charge in [-0.1, -0.05) is 132 Å². The molecule has 0 amide bonds. The number of aliphatic imine (C=N–C) groups is 1. The van der Waals surface area contributed by atoms with E-state index in [-0.39, 0.29) is 0 Å². The van der Waals surface area contributed by atoms with E-state index in [4.69, 9.17) is 0 Å². The summed E-state index contributed by atoms with van der Waals surface area (Å²) in [7, 11) is 0.927. The maximum absolute atomic E-state index is 11.4. The van der Waals surface area contributed by atoms with Gasteiger partial charge in [0.2, 0.25) is 27.1 Å². The number of hydrogen-bond donors (Lipinski definition) is 1. The highest BCUT2D eigenvalue weighted by atomic mass is 32.2. The summed E-state index contributed by atoms with van der Waals surface area (Å²) in [4.78, 5) is 10.4. The van der Waals surface area contributed by atoms with Crippen molar-refractivity contribution in [2.75, 3.05) is 47.6 Å². The SMILES string of the molecule is C(=Nc1ccccc1)c1cccc2c1SC[N+](c1ccccc1)=C2.CN(C)c1cccc2c1SC[N+](c1ccccc1)=C2.CS(=O)(=O)Nc1cccc2c1SC[N+](c1ccccc1)=C2. The zero-order chi connectivity index (χ0) is 44.3. The van der Waals surface area contributed by atoms with Crippen LogP contribution in [0.3, 0.4) is 0 Å².